The van der Waals surface area contributed by atoms with Gasteiger partial charge < -0.3 is 14.7 Å². The number of halogens is 2. The number of ether oxygens (including phenoxy) is 1. The molecule has 2 aromatic carbocycles. The van der Waals surface area contributed by atoms with E-state index in [1.165, 1.54) is 24.3 Å². The number of ketones is 1. The van der Waals surface area contributed by atoms with E-state index in [0.29, 0.717) is 0 Å². The van der Waals surface area contributed by atoms with Crippen molar-refractivity contribution in [2.75, 3.05) is 0 Å². The van der Waals surface area contributed by atoms with E-state index in [-0.39, 0.29) is 16.1 Å². The van der Waals surface area contributed by atoms with Gasteiger partial charge in [-0.2, -0.15) is 8.42 Å². The number of hydrogen-bond donors (Lipinski definition) is 1. The van der Waals surface area contributed by atoms with E-state index in [1.54, 1.807) is 6.07 Å². The summed E-state index contributed by atoms with van der Waals surface area (Å²) < 4.78 is 46.2. The smallest absolute Gasteiger partial charge is 0.302 e. The first-order chi connectivity index (χ1) is 13.4. The van der Waals surface area contributed by atoms with Gasteiger partial charge in [0, 0.05) is 0 Å². The Balaban J connectivity index is 1.95. The average molecular weight is 427 g/mol. The summed E-state index contributed by atoms with van der Waals surface area (Å²) in [7, 11) is 12.6. The first kappa shape index (κ1) is 21.3. The number of carbonyl (C=O) groups is 1. The number of nitrogens with two attached hydrogens (primary N) is 1. The van der Waals surface area contributed by atoms with E-state index in [4.69, 9.17) is 49.8 Å². The van der Waals surface area contributed by atoms with Crippen LogP contribution in [0.4, 0.5) is 4.39 Å². The lowest BCUT2D eigenvalue weighted by atomic mass is 9.65. The van der Waals surface area contributed by atoms with Crippen molar-refractivity contribution in [3.63, 3.8) is 0 Å². The van der Waals surface area contributed by atoms with Crippen molar-refractivity contribution < 1.29 is 26.5 Å². The Morgan fingerprint density at radius 2 is 1.79 bits per heavy atom. The SMILES string of the molecule is [B]C1(c2ccc(F)c(Cl)c2)OC(N)=C(OS(=O)(=O)C([B])([B])c2ccccc2)C1=O. The van der Waals surface area contributed by atoms with Gasteiger partial charge in [0.2, 0.25) is 17.4 Å². The van der Waals surface area contributed by atoms with Gasteiger partial charge in [0.25, 0.3) is 0 Å². The van der Waals surface area contributed by atoms with Gasteiger partial charge in [-0.1, -0.05) is 48.0 Å². The number of hydrogen-bond acceptors (Lipinski definition) is 6. The third-order valence-corrected chi connectivity index (χ3v) is 5.96. The molecule has 1 atom stereocenters. The molecule has 1 aliphatic rings. The first-order valence-corrected chi connectivity index (χ1v) is 9.74. The van der Waals surface area contributed by atoms with Crippen LogP contribution in [-0.4, -0.2) is 37.7 Å². The standard InChI is InChI=1S/C17H10B3ClFNO5S/c18-16(10-6-7-12(22)11(21)8-10)14(24)13(15(23)27-16)28-29(25,26)17(19,20)9-4-2-1-3-5-9/h1-8H,23H2. The molecule has 0 aliphatic carbocycles. The molecule has 1 aliphatic heterocycles. The third-order valence-electron chi connectivity index (χ3n) is 4.22. The zero-order valence-electron chi connectivity index (χ0n) is 14.6. The molecule has 0 saturated carbocycles. The maximum atomic E-state index is 13.4. The number of benzene rings is 2. The molecule has 6 nitrogen and oxygen atoms in total. The van der Waals surface area contributed by atoms with Crippen molar-refractivity contribution in [1.29, 1.82) is 0 Å². The summed E-state index contributed by atoms with van der Waals surface area (Å²) in [5, 5.41) is -0.337. The Hall–Kier alpha value is -2.39. The van der Waals surface area contributed by atoms with Crippen molar-refractivity contribution in [3.05, 3.63) is 82.1 Å². The normalized spacial score (nSPS) is 19.9. The monoisotopic (exact) mass is 427 g/mol. The molecule has 3 rings (SSSR count). The van der Waals surface area contributed by atoms with Crippen LogP contribution < -0.4 is 5.73 Å². The van der Waals surface area contributed by atoms with Crippen molar-refractivity contribution in [2.45, 2.75) is 10.0 Å². The summed E-state index contributed by atoms with van der Waals surface area (Å²) in [5.74, 6) is -3.54. The summed E-state index contributed by atoms with van der Waals surface area (Å²) in [6.07, 6.45) is 0. The van der Waals surface area contributed by atoms with Gasteiger partial charge in [-0.25, -0.2) is 4.39 Å². The van der Waals surface area contributed by atoms with Crippen LogP contribution in [0.25, 0.3) is 0 Å². The van der Waals surface area contributed by atoms with E-state index in [2.05, 4.69) is 0 Å². The second kappa shape index (κ2) is 7.14. The van der Waals surface area contributed by atoms with Crippen LogP contribution in [0.2, 0.25) is 5.02 Å². The van der Waals surface area contributed by atoms with Crippen molar-refractivity contribution in [1.82, 2.24) is 0 Å². The maximum absolute atomic E-state index is 13.4. The molecule has 0 fully saturated rings. The Morgan fingerprint density at radius 1 is 1.17 bits per heavy atom. The predicted octanol–water partition coefficient (Wildman–Crippen LogP) is 1.02. The molecule has 1 unspecified atom stereocenters. The molecule has 0 bridgehead atoms. The zero-order chi connectivity index (χ0) is 21.6. The Morgan fingerprint density at radius 3 is 2.38 bits per heavy atom. The van der Waals surface area contributed by atoms with Crippen LogP contribution in [0.3, 0.4) is 0 Å². The molecule has 0 aromatic heterocycles. The van der Waals surface area contributed by atoms with Gasteiger partial charge in [-0.15, -0.1) is 0 Å². The first-order valence-electron chi connectivity index (χ1n) is 7.95. The van der Waals surface area contributed by atoms with Crippen LogP contribution in [0.15, 0.2) is 60.2 Å². The molecule has 0 amide bonds. The Kier molecular flexibility index (Phi) is 5.25. The molecule has 6 radical (unpaired) electrons. The highest BCUT2D eigenvalue weighted by molar-refractivity contribution is 7.90. The maximum Gasteiger partial charge on any atom is 0.302 e. The van der Waals surface area contributed by atoms with Gasteiger partial charge in [0.1, 0.15) is 13.7 Å². The number of carbonyl (C=O) groups excluding carboxylic acids is 1. The van der Waals surface area contributed by atoms with Gasteiger partial charge in [0.05, 0.1) is 25.3 Å². The molecular formula is C17H10B3ClFNO5S. The van der Waals surface area contributed by atoms with E-state index in [9.17, 15) is 17.6 Å². The summed E-state index contributed by atoms with van der Waals surface area (Å²) in [4.78, 5) is 12.8. The molecule has 0 spiro atoms. The number of Topliss-reactive ketones (excluding diaryl/α,β-unsaturated/α-hetero) is 1. The predicted molar refractivity (Wildman–Crippen MR) is 106 cm³/mol. The van der Waals surface area contributed by atoms with Crippen LogP contribution in [0.1, 0.15) is 11.1 Å². The molecule has 0 saturated heterocycles. The van der Waals surface area contributed by atoms with Crippen molar-refractivity contribution in [3.8, 4) is 0 Å². The second-order valence-corrected chi connectivity index (χ2v) is 8.34. The molecular weight excluding hydrogens is 417 g/mol. The lowest BCUT2D eigenvalue weighted by Gasteiger charge is -2.26. The van der Waals surface area contributed by atoms with Crippen LogP contribution >= 0.6 is 11.6 Å². The van der Waals surface area contributed by atoms with Crippen LogP contribution in [-0.2, 0) is 33.9 Å². The fourth-order valence-electron chi connectivity index (χ4n) is 2.56. The highest BCUT2D eigenvalue weighted by Crippen LogP contribution is 2.38. The lowest BCUT2D eigenvalue weighted by molar-refractivity contribution is -0.126. The minimum atomic E-state index is -4.83. The minimum Gasteiger partial charge on any atom is -0.467 e. The summed E-state index contributed by atoms with van der Waals surface area (Å²) in [6.45, 7) is 0. The largest absolute Gasteiger partial charge is 0.467 e. The molecule has 1 heterocycles. The van der Waals surface area contributed by atoms with E-state index < -0.39 is 43.4 Å². The van der Waals surface area contributed by atoms with Crippen molar-refractivity contribution >= 4 is 51.0 Å². The Bertz CT molecular complexity index is 1130. The quantitative estimate of drug-likeness (QED) is 0.566. The fraction of sp³-hybridized carbons (Fsp3) is 0.118. The molecule has 2 N–H and O–H groups in total. The van der Waals surface area contributed by atoms with Gasteiger partial charge in [-0.3, -0.25) is 4.79 Å². The second-order valence-electron chi connectivity index (χ2n) is 6.19. The third kappa shape index (κ3) is 3.53. The van der Waals surface area contributed by atoms with Crippen molar-refractivity contribution in [2.24, 2.45) is 5.73 Å². The van der Waals surface area contributed by atoms with Crippen LogP contribution in [0, 0.1) is 5.82 Å². The highest BCUT2D eigenvalue weighted by atomic mass is 35.5. The highest BCUT2D eigenvalue weighted by Gasteiger charge is 2.50. The van der Waals surface area contributed by atoms with Crippen LogP contribution in [0.5, 0.6) is 0 Å². The molecule has 2 aromatic rings. The lowest BCUT2D eigenvalue weighted by Crippen LogP contribution is -2.40. The van der Waals surface area contributed by atoms with Gasteiger partial charge in [0.15, 0.2) is 5.50 Å². The fourth-order valence-corrected chi connectivity index (χ4v) is 3.68. The summed E-state index contributed by atoms with van der Waals surface area (Å²) in [6, 6.07) is 10.5. The summed E-state index contributed by atoms with van der Waals surface area (Å²) in [5.41, 5.74) is 3.25. The van der Waals surface area contributed by atoms with E-state index in [1.807, 2.05) is 0 Å². The van der Waals surface area contributed by atoms with E-state index >= 15 is 0 Å². The minimum absolute atomic E-state index is 0.00476. The molecule has 142 valence electrons. The zero-order valence-corrected chi connectivity index (χ0v) is 16.2. The number of rotatable bonds is 5. The van der Waals surface area contributed by atoms with E-state index in [0.717, 1.165) is 18.2 Å². The summed E-state index contributed by atoms with van der Waals surface area (Å²) >= 11 is 5.71. The molecule has 29 heavy (non-hydrogen) atoms. The Labute approximate surface area is 175 Å². The average Bonchev–Trinajstić information content (AvgIpc) is 2.88. The van der Waals surface area contributed by atoms with Gasteiger partial charge >= 0.3 is 10.1 Å². The molecule has 12 heteroatoms. The van der Waals surface area contributed by atoms with Gasteiger partial charge in [-0.05, 0) is 23.3 Å². The topological polar surface area (TPSA) is 95.7 Å².